The number of fused-ring (bicyclic) bond motifs is 2. The summed E-state index contributed by atoms with van der Waals surface area (Å²) in [5, 5.41) is 14.3. The Morgan fingerprint density at radius 2 is 1.61 bits per heavy atom. The van der Waals surface area contributed by atoms with Crippen LogP contribution in [0.1, 0.15) is 117 Å². The fourth-order valence-corrected chi connectivity index (χ4v) is 8.35. The maximum Gasteiger partial charge on any atom is 0.229 e. The second-order valence-electron chi connectivity index (χ2n) is 14.8. The average molecular weight is 692 g/mol. The van der Waals surface area contributed by atoms with Gasteiger partial charge in [0.25, 0.3) is 0 Å². The largest absolute Gasteiger partial charge is 0.494 e. The number of piperazine rings is 1. The number of hydrogen-bond donors (Lipinski definition) is 1. The molecule has 2 aliphatic rings. The van der Waals surface area contributed by atoms with Gasteiger partial charge < -0.3 is 19.5 Å². The SMILES string of the molecule is CCCCCCCCCCCC(O)OC(C)N1C(=O)CC(C)(C)c2ccc(OCCCCN3CCN(c4cccc5sccc45)CC3)cc21. The zero-order chi connectivity index (χ0) is 34.6. The van der Waals surface area contributed by atoms with Crippen molar-refractivity contribution in [2.75, 3.05) is 49.1 Å². The van der Waals surface area contributed by atoms with Crippen molar-refractivity contribution in [1.82, 2.24) is 4.90 Å². The monoisotopic (exact) mass is 691 g/mol. The second kappa shape index (κ2) is 18.5. The van der Waals surface area contributed by atoms with Gasteiger partial charge in [-0.1, -0.05) is 84.3 Å². The third-order valence-electron chi connectivity index (χ3n) is 10.4. The van der Waals surface area contributed by atoms with Crippen LogP contribution in [0.5, 0.6) is 5.75 Å². The number of benzene rings is 2. The van der Waals surface area contributed by atoms with Crippen molar-refractivity contribution in [3.8, 4) is 5.75 Å². The molecule has 2 aliphatic heterocycles. The molecular weight excluding hydrogens is 631 g/mol. The third-order valence-corrected chi connectivity index (χ3v) is 11.3. The molecular formula is C41H61N3O4S. The van der Waals surface area contributed by atoms with Crippen molar-refractivity contribution in [1.29, 1.82) is 0 Å². The van der Waals surface area contributed by atoms with Crippen molar-refractivity contribution in [2.45, 2.75) is 129 Å². The third kappa shape index (κ3) is 10.4. The molecule has 0 aliphatic carbocycles. The van der Waals surface area contributed by atoms with E-state index >= 15 is 0 Å². The molecule has 0 spiro atoms. The molecule has 270 valence electrons. The van der Waals surface area contributed by atoms with Crippen molar-refractivity contribution in [2.24, 2.45) is 0 Å². The Morgan fingerprint density at radius 3 is 2.37 bits per heavy atom. The summed E-state index contributed by atoms with van der Waals surface area (Å²) in [6, 6.07) is 15.0. The minimum absolute atomic E-state index is 0.0181. The first-order valence-corrected chi connectivity index (χ1v) is 20.0. The smallest absolute Gasteiger partial charge is 0.229 e. The van der Waals surface area contributed by atoms with Gasteiger partial charge in [0.05, 0.1) is 12.3 Å². The summed E-state index contributed by atoms with van der Waals surface area (Å²) in [5.41, 5.74) is 3.03. The Morgan fingerprint density at radius 1 is 0.878 bits per heavy atom. The second-order valence-corrected chi connectivity index (χ2v) is 15.8. The fraction of sp³-hybridized carbons (Fsp3) is 0.634. The maximum absolute atomic E-state index is 13.4. The normalized spacial score (nSPS) is 17.8. The van der Waals surface area contributed by atoms with Gasteiger partial charge in [-0.15, -0.1) is 11.3 Å². The molecule has 5 rings (SSSR count). The van der Waals surface area contributed by atoms with Crippen LogP contribution in [-0.2, 0) is 14.9 Å². The number of unbranched alkanes of at least 4 members (excludes halogenated alkanes) is 9. The van der Waals surface area contributed by atoms with Gasteiger partial charge in [-0.2, -0.15) is 0 Å². The number of hydrogen-bond acceptors (Lipinski definition) is 7. The van der Waals surface area contributed by atoms with Crippen LogP contribution in [0.2, 0.25) is 0 Å². The van der Waals surface area contributed by atoms with Gasteiger partial charge in [0.2, 0.25) is 5.91 Å². The van der Waals surface area contributed by atoms with E-state index in [9.17, 15) is 9.90 Å². The van der Waals surface area contributed by atoms with Crippen LogP contribution >= 0.6 is 11.3 Å². The van der Waals surface area contributed by atoms with E-state index in [1.807, 2.05) is 30.4 Å². The van der Waals surface area contributed by atoms with Gasteiger partial charge >= 0.3 is 0 Å². The number of aliphatic hydroxyl groups excluding tert-OH is 1. The highest BCUT2D eigenvalue weighted by Crippen LogP contribution is 2.43. The lowest BCUT2D eigenvalue weighted by Gasteiger charge is -2.41. The number of nitrogens with zero attached hydrogens (tertiary/aromatic N) is 3. The lowest BCUT2D eigenvalue weighted by atomic mass is 9.77. The first-order valence-electron chi connectivity index (χ1n) is 19.1. The van der Waals surface area contributed by atoms with Crippen molar-refractivity contribution in [3.05, 3.63) is 53.4 Å². The quantitative estimate of drug-likeness (QED) is 0.0941. The molecule has 49 heavy (non-hydrogen) atoms. The summed E-state index contributed by atoms with van der Waals surface area (Å²) in [6.07, 6.45) is 12.7. The van der Waals surface area contributed by atoms with Gasteiger partial charge in [-0.25, -0.2) is 0 Å². The number of anilines is 2. The molecule has 2 atom stereocenters. The van der Waals surface area contributed by atoms with Crippen LogP contribution in [0.25, 0.3) is 10.1 Å². The van der Waals surface area contributed by atoms with Crippen molar-refractivity contribution < 1.29 is 19.4 Å². The average Bonchev–Trinajstić information content (AvgIpc) is 3.57. The molecule has 1 saturated heterocycles. The number of rotatable bonds is 20. The highest BCUT2D eigenvalue weighted by Gasteiger charge is 2.39. The highest BCUT2D eigenvalue weighted by atomic mass is 32.1. The number of carbonyl (C=O) groups excluding carboxylic acids is 1. The van der Waals surface area contributed by atoms with Crippen LogP contribution in [0, 0.1) is 0 Å². The summed E-state index contributed by atoms with van der Waals surface area (Å²) in [4.78, 5) is 20.3. The molecule has 3 aromatic rings. The molecule has 1 N–H and O–H groups in total. The Hall–Kier alpha value is -2.65. The summed E-state index contributed by atoms with van der Waals surface area (Å²) in [6.45, 7) is 14.4. The van der Waals surface area contributed by atoms with Crippen molar-refractivity contribution in [3.63, 3.8) is 0 Å². The number of amides is 1. The molecule has 1 aromatic heterocycles. The molecule has 2 aromatic carbocycles. The molecule has 1 fully saturated rings. The lowest BCUT2D eigenvalue weighted by Crippen LogP contribution is -2.48. The van der Waals surface area contributed by atoms with E-state index in [0.717, 1.165) is 75.4 Å². The molecule has 3 heterocycles. The number of thiophene rings is 1. The molecule has 0 bridgehead atoms. The van der Waals surface area contributed by atoms with Gasteiger partial charge in [0, 0.05) is 59.9 Å². The van der Waals surface area contributed by atoms with E-state index in [1.54, 1.807) is 4.90 Å². The number of carbonyl (C=O) groups is 1. The van der Waals surface area contributed by atoms with Gasteiger partial charge in [0.1, 0.15) is 12.0 Å². The zero-order valence-corrected chi connectivity index (χ0v) is 31.4. The van der Waals surface area contributed by atoms with Crippen LogP contribution in [0.4, 0.5) is 11.4 Å². The zero-order valence-electron chi connectivity index (χ0n) is 30.6. The summed E-state index contributed by atoms with van der Waals surface area (Å²) >= 11 is 1.81. The van der Waals surface area contributed by atoms with Crippen LogP contribution in [-0.4, -0.2) is 67.8 Å². The predicted molar refractivity (Wildman–Crippen MR) is 205 cm³/mol. The fourth-order valence-electron chi connectivity index (χ4n) is 7.54. The molecule has 8 heteroatoms. The predicted octanol–water partition coefficient (Wildman–Crippen LogP) is 9.50. The lowest BCUT2D eigenvalue weighted by molar-refractivity contribution is -0.144. The topological polar surface area (TPSA) is 65.5 Å². The van der Waals surface area contributed by atoms with Gasteiger partial charge in [0.15, 0.2) is 6.29 Å². The van der Waals surface area contributed by atoms with E-state index in [2.05, 4.69) is 66.3 Å². The highest BCUT2D eigenvalue weighted by molar-refractivity contribution is 7.17. The van der Waals surface area contributed by atoms with Crippen LogP contribution in [0.15, 0.2) is 47.8 Å². The molecule has 2 unspecified atom stereocenters. The summed E-state index contributed by atoms with van der Waals surface area (Å²) < 4.78 is 13.6. The Bertz CT molecular complexity index is 1450. The Balaban J connectivity index is 1.05. The van der Waals surface area contributed by atoms with Gasteiger partial charge in [-0.05, 0) is 74.4 Å². The number of ether oxygens (including phenoxy) is 2. The van der Waals surface area contributed by atoms with Crippen LogP contribution in [0.3, 0.4) is 0 Å². The Labute approximate surface area is 299 Å². The first-order chi connectivity index (χ1) is 23.8. The molecule has 0 radical (unpaired) electrons. The minimum Gasteiger partial charge on any atom is -0.494 e. The molecule has 1 amide bonds. The van der Waals surface area contributed by atoms with Gasteiger partial charge in [-0.3, -0.25) is 14.6 Å². The summed E-state index contributed by atoms with van der Waals surface area (Å²) in [5.74, 6) is 0.789. The number of aliphatic hydroxyl groups is 1. The van der Waals surface area contributed by atoms with E-state index in [0.29, 0.717) is 19.4 Å². The summed E-state index contributed by atoms with van der Waals surface area (Å²) in [7, 11) is 0. The molecule has 7 nitrogen and oxygen atoms in total. The van der Waals surface area contributed by atoms with E-state index < -0.39 is 12.5 Å². The standard InChI is InChI=1S/C41H61N3O4S/c1-5-6-7-8-9-10-11-12-13-19-40(46)48-32(2)44-37-30-33(20-21-35(37)41(3,4)31-39(44)45)47-28-15-14-23-42-24-26-43(27-25-42)36-17-16-18-38-34(36)22-29-49-38/h16-18,20-22,29-30,32,40,46H,5-15,19,23-28,31H2,1-4H3. The minimum atomic E-state index is -0.886. The van der Waals surface area contributed by atoms with Crippen molar-refractivity contribution >= 4 is 38.7 Å². The first kappa shape index (κ1) is 37.6. The van der Waals surface area contributed by atoms with E-state index in [1.165, 1.54) is 60.7 Å². The van der Waals surface area contributed by atoms with E-state index in [-0.39, 0.29) is 11.3 Å². The molecule has 0 saturated carbocycles. The maximum atomic E-state index is 13.4. The van der Waals surface area contributed by atoms with Crippen LogP contribution < -0.4 is 14.5 Å². The Kier molecular flexibility index (Phi) is 14.2. The van der Waals surface area contributed by atoms with E-state index in [4.69, 9.17) is 9.47 Å².